The average molecular weight is 371 g/mol. The molecule has 1 atom stereocenters. The summed E-state index contributed by atoms with van der Waals surface area (Å²) in [7, 11) is 0. The Morgan fingerprint density at radius 3 is 2.71 bits per heavy atom. The number of nitrogens with two attached hydrogens (primary N) is 1. The maximum atomic E-state index is 13.0. The minimum Gasteiger partial charge on any atom is -0.338 e. The zero-order chi connectivity index (χ0) is 15.7. The number of carbonyl (C=O) groups is 1. The molecule has 1 amide bonds. The first-order valence-electron chi connectivity index (χ1n) is 7.61. The fraction of sp³-hybridized carbons (Fsp3) is 0.412. The first-order chi connectivity index (χ1) is 10.5. The lowest BCUT2D eigenvalue weighted by molar-refractivity contribution is 0.0777. The summed E-state index contributed by atoms with van der Waals surface area (Å²) in [5.41, 5.74) is 8.55. The van der Waals surface area contributed by atoms with Crippen LogP contribution in [0.5, 0.6) is 0 Å². The number of rotatable bonds is 3. The summed E-state index contributed by atoms with van der Waals surface area (Å²) in [6.45, 7) is 6.25. The standard InChI is InChI=1S/C17H22N4O.2ClH/c1-13-3-4-15(21-8-6-19-12-21)14(9-13)16(22)20-7-5-17(2,10-18)11-20;;/h3-4,6,8-9,12H,5,7,10-11,18H2,1-2H3;2*1H. The first-order valence-corrected chi connectivity index (χ1v) is 7.61. The molecule has 1 aromatic heterocycles. The average Bonchev–Trinajstić information content (AvgIpc) is 3.17. The van der Waals surface area contributed by atoms with E-state index in [2.05, 4.69) is 11.9 Å². The maximum absolute atomic E-state index is 13.0. The van der Waals surface area contributed by atoms with Crippen LogP contribution in [0, 0.1) is 12.3 Å². The van der Waals surface area contributed by atoms with Gasteiger partial charge in [0.05, 0.1) is 17.6 Å². The summed E-state index contributed by atoms with van der Waals surface area (Å²) in [6, 6.07) is 5.94. The highest BCUT2D eigenvalue weighted by Crippen LogP contribution is 2.30. The third-order valence-corrected chi connectivity index (χ3v) is 4.50. The highest BCUT2D eigenvalue weighted by molar-refractivity contribution is 5.98. The van der Waals surface area contributed by atoms with Crippen molar-refractivity contribution < 1.29 is 4.79 Å². The van der Waals surface area contributed by atoms with Crippen LogP contribution in [0.1, 0.15) is 29.3 Å². The molecule has 2 aromatic rings. The van der Waals surface area contributed by atoms with Gasteiger partial charge in [0, 0.05) is 25.5 Å². The van der Waals surface area contributed by atoms with Crippen molar-refractivity contribution in [3.05, 3.63) is 48.0 Å². The van der Waals surface area contributed by atoms with Crippen LogP contribution in [0.2, 0.25) is 0 Å². The van der Waals surface area contributed by atoms with E-state index in [0.717, 1.165) is 36.3 Å². The molecule has 1 unspecified atom stereocenters. The SMILES string of the molecule is Cc1ccc(-n2ccnc2)c(C(=O)N2CCC(C)(CN)C2)c1.Cl.Cl. The summed E-state index contributed by atoms with van der Waals surface area (Å²) in [6.07, 6.45) is 6.25. The Balaban J connectivity index is 0.00000144. The normalized spacial score (nSPS) is 19.5. The van der Waals surface area contributed by atoms with Gasteiger partial charge >= 0.3 is 0 Å². The van der Waals surface area contributed by atoms with E-state index in [9.17, 15) is 4.79 Å². The number of halogens is 2. The molecule has 1 saturated heterocycles. The zero-order valence-corrected chi connectivity index (χ0v) is 15.6. The van der Waals surface area contributed by atoms with Gasteiger partial charge in [-0.1, -0.05) is 18.6 Å². The quantitative estimate of drug-likeness (QED) is 0.903. The van der Waals surface area contributed by atoms with Crippen molar-refractivity contribution in [2.24, 2.45) is 11.1 Å². The topological polar surface area (TPSA) is 64.2 Å². The van der Waals surface area contributed by atoms with Gasteiger partial charge < -0.3 is 15.2 Å². The second-order valence-corrected chi connectivity index (χ2v) is 6.48. The maximum Gasteiger partial charge on any atom is 0.256 e. The Bertz CT molecular complexity index is 690. The summed E-state index contributed by atoms with van der Waals surface area (Å²) in [4.78, 5) is 19.0. The van der Waals surface area contributed by atoms with Crippen LogP contribution in [0.15, 0.2) is 36.9 Å². The zero-order valence-electron chi connectivity index (χ0n) is 13.9. The van der Waals surface area contributed by atoms with Gasteiger partial charge in [-0.15, -0.1) is 24.8 Å². The molecule has 0 radical (unpaired) electrons. The highest BCUT2D eigenvalue weighted by Gasteiger charge is 2.35. The smallest absolute Gasteiger partial charge is 0.256 e. The third-order valence-electron chi connectivity index (χ3n) is 4.50. The Kier molecular flexibility index (Phi) is 6.84. The van der Waals surface area contributed by atoms with Gasteiger partial charge in [-0.2, -0.15) is 0 Å². The van der Waals surface area contributed by atoms with Crippen LogP contribution < -0.4 is 5.73 Å². The number of imidazole rings is 1. The van der Waals surface area contributed by atoms with Gasteiger partial charge in [-0.05, 0) is 37.4 Å². The van der Waals surface area contributed by atoms with Crippen LogP contribution in [-0.2, 0) is 0 Å². The number of amides is 1. The lowest BCUT2D eigenvalue weighted by atomic mass is 9.90. The minimum atomic E-state index is 0. The van der Waals surface area contributed by atoms with E-state index < -0.39 is 0 Å². The van der Waals surface area contributed by atoms with Gasteiger partial charge in [-0.25, -0.2) is 4.98 Å². The van der Waals surface area contributed by atoms with Crippen molar-refractivity contribution in [1.82, 2.24) is 14.5 Å². The van der Waals surface area contributed by atoms with E-state index in [1.165, 1.54) is 0 Å². The van der Waals surface area contributed by atoms with E-state index in [1.54, 1.807) is 12.5 Å². The lowest BCUT2D eigenvalue weighted by Gasteiger charge is -2.23. The molecule has 2 heterocycles. The summed E-state index contributed by atoms with van der Waals surface area (Å²) in [5.74, 6) is 0.0737. The van der Waals surface area contributed by atoms with Crippen molar-refractivity contribution in [1.29, 1.82) is 0 Å². The molecule has 3 rings (SSSR count). The number of aromatic nitrogens is 2. The van der Waals surface area contributed by atoms with Gasteiger partial charge in [0.25, 0.3) is 5.91 Å². The van der Waals surface area contributed by atoms with Crippen LogP contribution in [-0.4, -0.2) is 40.0 Å². The first kappa shape index (κ1) is 20.5. The van der Waals surface area contributed by atoms with Crippen LogP contribution in [0.4, 0.5) is 0 Å². The van der Waals surface area contributed by atoms with Crippen molar-refractivity contribution in [3.8, 4) is 5.69 Å². The van der Waals surface area contributed by atoms with E-state index >= 15 is 0 Å². The van der Waals surface area contributed by atoms with Crippen LogP contribution in [0.3, 0.4) is 0 Å². The van der Waals surface area contributed by atoms with Gasteiger partial charge in [0.1, 0.15) is 0 Å². The molecule has 1 fully saturated rings. The number of likely N-dealkylation sites (tertiary alicyclic amines) is 1. The van der Waals surface area contributed by atoms with Crippen molar-refractivity contribution in [2.75, 3.05) is 19.6 Å². The highest BCUT2D eigenvalue weighted by atomic mass is 35.5. The summed E-state index contributed by atoms with van der Waals surface area (Å²) < 4.78 is 1.88. The van der Waals surface area contributed by atoms with E-state index in [1.807, 2.05) is 40.8 Å². The second-order valence-electron chi connectivity index (χ2n) is 6.48. The van der Waals surface area contributed by atoms with Gasteiger partial charge in [0.15, 0.2) is 0 Å². The molecule has 0 saturated carbocycles. The second kappa shape index (κ2) is 8.01. The number of nitrogens with zero attached hydrogens (tertiary/aromatic N) is 3. The Morgan fingerprint density at radius 2 is 2.12 bits per heavy atom. The molecule has 24 heavy (non-hydrogen) atoms. The molecule has 0 aliphatic carbocycles. The Labute approximate surface area is 155 Å². The molecular formula is C17H24Cl2N4O. The molecule has 1 aromatic carbocycles. The molecule has 132 valence electrons. The molecule has 5 nitrogen and oxygen atoms in total. The van der Waals surface area contributed by atoms with Gasteiger partial charge in [0.2, 0.25) is 0 Å². The monoisotopic (exact) mass is 370 g/mol. The van der Waals surface area contributed by atoms with E-state index in [0.29, 0.717) is 6.54 Å². The van der Waals surface area contributed by atoms with Crippen molar-refractivity contribution >= 4 is 30.7 Å². The fourth-order valence-corrected chi connectivity index (χ4v) is 2.98. The molecule has 0 spiro atoms. The predicted molar refractivity (Wildman–Crippen MR) is 100 cm³/mol. The van der Waals surface area contributed by atoms with Crippen molar-refractivity contribution in [2.45, 2.75) is 20.3 Å². The molecular weight excluding hydrogens is 347 g/mol. The summed E-state index contributed by atoms with van der Waals surface area (Å²) >= 11 is 0. The molecule has 0 bridgehead atoms. The number of benzene rings is 1. The lowest BCUT2D eigenvalue weighted by Crippen LogP contribution is -2.34. The van der Waals surface area contributed by atoms with Gasteiger partial charge in [-0.3, -0.25) is 4.79 Å². The van der Waals surface area contributed by atoms with Crippen molar-refractivity contribution in [3.63, 3.8) is 0 Å². The number of hydrogen-bond donors (Lipinski definition) is 1. The van der Waals surface area contributed by atoms with Crippen LogP contribution in [0.25, 0.3) is 5.69 Å². The Morgan fingerprint density at radius 1 is 1.38 bits per heavy atom. The van der Waals surface area contributed by atoms with E-state index in [4.69, 9.17) is 5.73 Å². The summed E-state index contributed by atoms with van der Waals surface area (Å²) in [5, 5.41) is 0. The minimum absolute atomic E-state index is 0. The predicted octanol–water partition coefficient (Wildman–Crippen LogP) is 2.84. The Hall–Kier alpha value is -1.56. The molecule has 1 aliphatic rings. The largest absolute Gasteiger partial charge is 0.338 e. The van der Waals surface area contributed by atoms with E-state index in [-0.39, 0.29) is 36.1 Å². The number of carbonyl (C=O) groups excluding carboxylic acids is 1. The molecule has 1 aliphatic heterocycles. The number of hydrogen-bond acceptors (Lipinski definition) is 3. The third kappa shape index (κ3) is 3.91. The molecule has 7 heteroatoms. The molecule has 2 N–H and O–H groups in total. The van der Waals surface area contributed by atoms with Crippen LogP contribution >= 0.6 is 24.8 Å². The number of aryl methyl sites for hydroxylation is 1. The fourth-order valence-electron chi connectivity index (χ4n) is 2.98.